The van der Waals surface area contributed by atoms with Gasteiger partial charge in [0.1, 0.15) is 0 Å². The molecule has 1 heterocycles. The van der Waals surface area contributed by atoms with Crippen molar-refractivity contribution in [3.8, 4) is 0 Å². The molecule has 0 amide bonds. The predicted molar refractivity (Wildman–Crippen MR) is 86.9 cm³/mol. The third-order valence-electron chi connectivity index (χ3n) is 5.00. The first kappa shape index (κ1) is 15.5. The fourth-order valence-electron chi connectivity index (χ4n) is 3.15. The van der Waals surface area contributed by atoms with Crippen LogP contribution in [-0.2, 0) is 6.54 Å². The number of piperazine rings is 1. The highest BCUT2D eigenvalue weighted by molar-refractivity contribution is 5.25. The lowest BCUT2D eigenvalue weighted by Gasteiger charge is -2.42. The van der Waals surface area contributed by atoms with Crippen LogP contribution in [0, 0.1) is 12.8 Å². The summed E-state index contributed by atoms with van der Waals surface area (Å²) >= 11 is 0. The second kappa shape index (κ2) is 7.24. The van der Waals surface area contributed by atoms with Gasteiger partial charge in [0.05, 0.1) is 0 Å². The van der Waals surface area contributed by atoms with Crippen molar-refractivity contribution in [2.75, 3.05) is 13.1 Å². The van der Waals surface area contributed by atoms with E-state index in [9.17, 15) is 0 Å². The highest BCUT2D eigenvalue weighted by Crippen LogP contribution is 2.20. The first-order chi connectivity index (χ1) is 9.65. The van der Waals surface area contributed by atoms with Crippen LogP contribution in [0.3, 0.4) is 0 Å². The van der Waals surface area contributed by atoms with Gasteiger partial charge in [0.25, 0.3) is 0 Å². The minimum atomic E-state index is 0.645. The van der Waals surface area contributed by atoms with Gasteiger partial charge in [-0.25, -0.2) is 0 Å². The minimum absolute atomic E-state index is 0.645. The molecular weight excluding hydrogens is 244 g/mol. The normalized spacial score (nSPS) is 25.6. The summed E-state index contributed by atoms with van der Waals surface area (Å²) < 4.78 is 0. The molecule has 0 saturated carbocycles. The van der Waals surface area contributed by atoms with Crippen LogP contribution in [0.2, 0.25) is 0 Å². The Hall–Kier alpha value is -0.860. The summed E-state index contributed by atoms with van der Waals surface area (Å²) in [5, 5.41) is 3.76. The molecular formula is C18H30N2. The lowest BCUT2D eigenvalue weighted by molar-refractivity contribution is 0.0991. The van der Waals surface area contributed by atoms with E-state index in [1.54, 1.807) is 0 Å². The molecule has 1 aliphatic heterocycles. The van der Waals surface area contributed by atoms with E-state index >= 15 is 0 Å². The van der Waals surface area contributed by atoms with Crippen molar-refractivity contribution in [2.24, 2.45) is 5.92 Å². The van der Waals surface area contributed by atoms with Gasteiger partial charge >= 0.3 is 0 Å². The third-order valence-corrected chi connectivity index (χ3v) is 5.00. The Morgan fingerprint density at radius 3 is 2.70 bits per heavy atom. The van der Waals surface area contributed by atoms with E-state index < -0.39 is 0 Å². The van der Waals surface area contributed by atoms with Crippen molar-refractivity contribution in [3.63, 3.8) is 0 Å². The fraction of sp³-hybridized carbons (Fsp3) is 0.667. The Kier molecular flexibility index (Phi) is 5.62. The number of hydrogen-bond acceptors (Lipinski definition) is 2. The van der Waals surface area contributed by atoms with Gasteiger partial charge in [0.15, 0.2) is 0 Å². The van der Waals surface area contributed by atoms with Crippen molar-refractivity contribution in [1.29, 1.82) is 0 Å². The summed E-state index contributed by atoms with van der Waals surface area (Å²) in [6.07, 6.45) is 2.48. The highest BCUT2D eigenvalue weighted by atomic mass is 15.2. The van der Waals surface area contributed by atoms with Gasteiger partial charge in [0.2, 0.25) is 0 Å². The van der Waals surface area contributed by atoms with Gasteiger partial charge < -0.3 is 5.32 Å². The monoisotopic (exact) mass is 274 g/mol. The number of benzene rings is 1. The molecule has 1 saturated heterocycles. The Balaban J connectivity index is 2.07. The first-order valence-corrected chi connectivity index (χ1v) is 8.17. The Bertz CT molecular complexity index is 416. The van der Waals surface area contributed by atoms with Gasteiger partial charge in [-0.15, -0.1) is 0 Å². The summed E-state index contributed by atoms with van der Waals surface area (Å²) in [5.74, 6) is 0.757. The average molecular weight is 274 g/mol. The van der Waals surface area contributed by atoms with Crippen LogP contribution in [0.15, 0.2) is 24.3 Å². The number of aryl methyl sites for hydroxylation is 1. The summed E-state index contributed by atoms with van der Waals surface area (Å²) in [4.78, 5) is 2.69. The van der Waals surface area contributed by atoms with E-state index in [0.717, 1.165) is 19.0 Å². The third kappa shape index (κ3) is 3.62. The van der Waals surface area contributed by atoms with E-state index in [-0.39, 0.29) is 0 Å². The SMILES string of the molecule is CCC(C)C1CN(Cc2ccccc2C)C(CC)CN1. The topological polar surface area (TPSA) is 15.3 Å². The number of rotatable bonds is 5. The Morgan fingerprint density at radius 1 is 1.30 bits per heavy atom. The molecule has 20 heavy (non-hydrogen) atoms. The minimum Gasteiger partial charge on any atom is -0.311 e. The molecule has 112 valence electrons. The largest absolute Gasteiger partial charge is 0.311 e. The summed E-state index contributed by atoms with van der Waals surface area (Å²) in [5.41, 5.74) is 2.90. The van der Waals surface area contributed by atoms with Crippen molar-refractivity contribution >= 4 is 0 Å². The maximum Gasteiger partial charge on any atom is 0.0240 e. The zero-order valence-electron chi connectivity index (χ0n) is 13.5. The lowest BCUT2D eigenvalue weighted by Crippen LogP contribution is -2.57. The molecule has 0 aromatic heterocycles. The van der Waals surface area contributed by atoms with Gasteiger partial charge in [-0.05, 0) is 30.4 Å². The Labute approximate surface area is 124 Å². The maximum absolute atomic E-state index is 3.76. The van der Waals surface area contributed by atoms with Crippen molar-refractivity contribution in [3.05, 3.63) is 35.4 Å². The molecule has 0 aliphatic carbocycles. The van der Waals surface area contributed by atoms with Gasteiger partial charge in [-0.3, -0.25) is 4.90 Å². The second-order valence-corrected chi connectivity index (χ2v) is 6.32. The predicted octanol–water partition coefficient (Wildman–Crippen LogP) is 3.59. The van der Waals surface area contributed by atoms with Crippen LogP contribution in [0.25, 0.3) is 0 Å². The van der Waals surface area contributed by atoms with E-state index in [0.29, 0.717) is 12.1 Å². The van der Waals surface area contributed by atoms with E-state index in [4.69, 9.17) is 0 Å². The lowest BCUT2D eigenvalue weighted by atomic mass is 9.94. The van der Waals surface area contributed by atoms with Crippen molar-refractivity contribution in [2.45, 2.75) is 59.2 Å². The molecule has 0 radical (unpaired) electrons. The number of nitrogens with zero attached hydrogens (tertiary/aromatic N) is 1. The first-order valence-electron chi connectivity index (χ1n) is 8.17. The van der Waals surface area contributed by atoms with Gasteiger partial charge in [-0.2, -0.15) is 0 Å². The standard InChI is InChI=1S/C18H30N2/c1-5-14(3)18-13-20(17(6-2)11-19-18)12-16-10-8-7-9-15(16)4/h7-10,14,17-19H,5-6,11-13H2,1-4H3. The summed E-state index contributed by atoms with van der Waals surface area (Å²) in [6, 6.07) is 10.1. The van der Waals surface area contributed by atoms with Crippen LogP contribution >= 0.6 is 0 Å². The second-order valence-electron chi connectivity index (χ2n) is 6.32. The van der Waals surface area contributed by atoms with Crippen LogP contribution in [0.5, 0.6) is 0 Å². The number of hydrogen-bond donors (Lipinski definition) is 1. The molecule has 1 fully saturated rings. The van der Waals surface area contributed by atoms with Crippen LogP contribution in [0.4, 0.5) is 0 Å². The molecule has 1 aliphatic rings. The molecule has 1 N–H and O–H groups in total. The van der Waals surface area contributed by atoms with E-state index in [1.807, 2.05) is 0 Å². The van der Waals surface area contributed by atoms with E-state index in [2.05, 4.69) is 62.2 Å². The zero-order chi connectivity index (χ0) is 14.5. The molecule has 2 heteroatoms. The van der Waals surface area contributed by atoms with Gasteiger partial charge in [-0.1, -0.05) is 51.5 Å². The average Bonchev–Trinajstić information content (AvgIpc) is 2.48. The van der Waals surface area contributed by atoms with Crippen LogP contribution in [0.1, 0.15) is 44.7 Å². The molecule has 1 aromatic carbocycles. The maximum atomic E-state index is 3.76. The fourth-order valence-corrected chi connectivity index (χ4v) is 3.15. The quantitative estimate of drug-likeness (QED) is 0.882. The molecule has 0 bridgehead atoms. The smallest absolute Gasteiger partial charge is 0.0240 e. The highest BCUT2D eigenvalue weighted by Gasteiger charge is 2.29. The summed E-state index contributed by atoms with van der Waals surface area (Å²) in [7, 11) is 0. The van der Waals surface area contributed by atoms with Crippen molar-refractivity contribution < 1.29 is 0 Å². The molecule has 0 spiro atoms. The summed E-state index contributed by atoms with van der Waals surface area (Å²) in [6.45, 7) is 12.6. The van der Waals surface area contributed by atoms with Crippen LogP contribution in [-0.4, -0.2) is 30.1 Å². The van der Waals surface area contributed by atoms with Crippen molar-refractivity contribution in [1.82, 2.24) is 10.2 Å². The zero-order valence-corrected chi connectivity index (χ0v) is 13.5. The van der Waals surface area contributed by atoms with Gasteiger partial charge in [0, 0.05) is 31.7 Å². The molecule has 1 aromatic rings. The molecule has 2 rings (SSSR count). The number of nitrogens with one attached hydrogen (secondary N) is 1. The Morgan fingerprint density at radius 2 is 2.05 bits per heavy atom. The van der Waals surface area contributed by atoms with Crippen LogP contribution < -0.4 is 5.32 Å². The molecule has 2 nitrogen and oxygen atoms in total. The molecule has 3 atom stereocenters. The van der Waals surface area contributed by atoms with E-state index in [1.165, 1.54) is 30.5 Å². The molecule has 3 unspecified atom stereocenters.